The molecule has 1 aromatic heterocycles. The van der Waals surface area contributed by atoms with Gasteiger partial charge in [0.15, 0.2) is 0 Å². The van der Waals surface area contributed by atoms with Crippen LogP contribution in [-0.4, -0.2) is 12.0 Å². The average Bonchev–Trinajstić information content (AvgIpc) is 2.41. The zero-order chi connectivity index (χ0) is 13.8. The summed E-state index contributed by atoms with van der Waals surface area (Å²) in [6.07, 6.45) is 0. The highest BCUT2D eigenvalue weighted by Gasteiger charge is 2.09. The van der Waals surface area contributed by atoms with Crippen LogP contribution < -0.4 is 10.6 Å². The molecule has 0 saturated carbocycles. The fraction of sp³-hybridized carbons (Fsp3) is 0.267. The zero-order valence-corrected chi connectivity index (χ0v) is 12.8. The number of nitrogens with zero attached hydrogens (tertiary/aromatic N) is 2. The van der Waals surface area contributed by atoms with Crippen LogP contribution in [0.3, 0.4) is 0 Å². The molecule has 1 heterocycles. The molecule has 100 valence electrons. The standard InChI is InChI=1S/C15H18BrN3/c1-11-3-6-13(9-17)15(18-11)19(2)10-12-4-7-14(16)8-5-12/h3-8H,9-10,17H2,1-2H3. The van der Waals surface area contributed by atoms with Gasteiger partial charge in [-0.1, -0.05) is 34.1 Å². The first kappa shape index (κ1) is 14.0. The minimum absolute atomic E-state index is 0.507. The highest BCUT2D eigenvalue weighted by atomic mass is 79.9. The molecule has 0 radical (unpaired) electrons. The first-order valence-corrected chi connectivity index (χ1v) is 7.01. The van der Waals surface area contributed by atoms with Gasteiger partial charge < -0.3 is 10.6 Å². The molecule has 0 bridgehead atoms. The third-order valence-corrected chi connectivity index (χ3v) is 3.54. The van der Waals surface area contributed by atoms with Crippen molar-refractivity contribution in [2.45, 2.75) is 20.0 Å². The maximum Gasteiger partial charge on any atom is 0.133 e. The van der Waals surface area contributed by atoms with Crippen LogP contribution in [0.4, 0.5) is 5.82 Å². The van der Waals surface area contributed by atoms with Crippen molar-refractivity contribution in [3.63, 3.8) is 0 Å². The molecule has 0 atom stereocenters. The molecule has 2 aromatic rings. The van der Waals surface area contributed by atoms with Crippen molar-refractivity contribution >= 4 is 21.7 Å². The lowest BCUT2D eigenvalue weighted by atomic mass is 10.2. The van der Waals surface area contributed by atoms with Gasteiger partial charge in [-0.2, -0.15) is 0 Å². The van der Waals surface area contributed by atoms with Crippen molar-refractivity contribution in [2.75, 3.05) is 11.9 Å². The topological polar surface area (TPSA) is 42.1 Å². The Bertz CT molecular complexity index is 552. The van der Waals surface area contributed by atoms with Gasteiger partial charge in [-0.15, -0.1) is 0 Å². The monoisotopic (exact) mass is 319 g/mol. The van der Waals surface area contributed by atoms with Gasteiger partial charge in [0.2, 0.25) is 0 Å². The van der Waals surface area contributed by atoms with Crippen molar-refractivity contribution in [3.05, 3.63) is 57.7 Å². The lowest BCUT2D eigenvalue weighted by Crippen LogP contribution is -2.20. The number of aromatic nitrogens is 1. The van der Waals surface area contributed by atoms with Gasteiger partial charge in [0, 0.05) is 35.9 Å². The predicted molar refractivity (Wildman–Crippen MR) is 83.1 cm³/mol. The minimum Gasteiger partial charge on any atom is -0.355 e. The number of pyridine rings is 1. The first-order valence-electron chi connectivity index (χ1n) is 6.22. The number of hydrogen-bond acceptors (Lipinski definition) is 3. The molecule has 2 rings (SSSR count). The number of hydrogen-bond donors (Lipinski definition) is 1. The molecule has 0 aliphatic heterocycles. The van der Waals surface area contributed by atoms with Crippen LogP contribution in [0.25, 0.3) is 0 Å². The van der Waals surface area contributed by atoms with E-state index in [9.17, 15) is 0 Å². The number of halogens is 1. The SMILES string of the molecule is Cc1ccc(CN)c(N(C)Cc2ccc(Br)cc2)n1. The molecule has 0 unspecified atom stereocenters. The Balaban J connectivity index is 2.21. The summed E-state index contributed by atoms with van der Waals surface area (Å²) >= 11 is 3.45. The van der Waals surface area contributed by atoms with Crippen LogP contribution in [0.1, 0.15) is 16.8 Å². The summed E-state index contributed by atoms with van der Waals surface area (Å²) in [6.45, 7) is 3.32. The largest absolute Gasteiger partial charge is 0.355 e. The van der Waals surface area contributed by atoms with E-state index < -0.39 is 0 Å². The molecule has 0 spiro atoms. The summed E-state index contributed by atoms with van der Waals surface area (Å²) in [7, 11) is 2.04. The summed E-state index contributed by atoms with van der Waals surface area (Å²) in [6, 6.07) is 12.4. The third kappa shape index (κ3) is 3.55. The summed E-state index contributed by atoms with van der Waals surface area (Å²) < 4.78 is 1.09. The molecule has 2 N–H and O–H groups in total. The Morgan fingerprint density at radius 1 is 1.16 bits per heavy atom. The molecule has 0 saturated heterocycles. The second-order valence-corrected chi connectivity index (χ2v) is 5.54. The molecule has 0 amide bonds. The molecule has 19 heavy (non-hydrogen) atoms. The first-order chi connectivity index (χ1) is 9.10. The van der Waals surface area contributed by atoms with Crippen LogP contribution in [-0.2, 0) is 13.1 Å². The number of aryl methyl sites for hydroxylation is 1. The number of anilines is 1. The van der Waals surface area contributed by atoms with Gasteiger partial charge in [-0.05, 0) is 30.7 Å². The second-order valence-electron chi connectivity index (χ2n) is 4.62. The van der Waals surface area contributed by atoms with Crippen molar-refractivity contribution in [3.8, 4) is 0 Å². The third-order valence-electron chi connectivity index (χ3n) is 3.01. The van der Waals surface area contributed by atoms with Crippen LogP contribution >= 0.6 is 15.9 Å². The second kappa shape index (κ2) is 6.17. The van der Waals surface area contributed by atoms with E-state index in [2.05, 4.69) is 56.1 Å². The lowest BCUT2D eigenvalue weighted by Gasteiger charge is -2.21. The van der Waals surface area contributed by atoms with Gasteiger partial charge in [-0.3, -0.25) is 0 Å². The van der Waals surface area contributed by atoms with Crippen LogP contribution in [0, 0.1) is 6.92 Å². The Kier molecular flexibility index (Phi) is 4.56. The van der Waals surface area contributed by atoms with E-state index in [0.717, 1.165) is 28.1 Å². The fourth-order valence-corrected chi connectivity index (χ4v) is 2.26. The number of nitrogens with two attached hydrogens (primary N) is 1. The Morgan fingerprint density at radius 2 is 1.84 bits per heavy atom. The maximum absolute atomic E-state index is 5.78. The molecular formula is C15H18BrN3. The van der Waals surface area contributed by atoms with Crippen LogP contribution in [0.2, 0.25) is 0 Å². The van der Waals surface area contributed by atoms with Gasteiger partial charge in [-0.25, -0.2) is 4.98 Å². The summed E-state index contributed by atoms with van der Waals surface area (Å²) in [4.78, 5) is 6.73. The molecular weight excluding hydrogens is 302 g/mol. The molecule has 0 aliphatic carbocycles. The van der Waals surface area contributed by atoms with Crippen molar-refractivity contribution < 1.29 is 0 Å². The van der Waals surface area contributed by atoms with Crippen LogP contribution in [0.15, 0.2) is 40.9 Å². The Morgan fingerprint density at radius 3 is 2.47 bits per heavy atom. The van der Waals surface area contributed by atoms with E-state index in [4.69, 9.17) is 5.73 Å². The van der Waals surface area contributed by atoms with Gasteiger partial charge in [0.25, 0.3) is 0 Å². The van der Waals surface area contributed by atoms with Crippen molar-refractivity contribution in [1.82, 2.24) is 4.98 Å². The minimum atomic E-state index is 0.507. The lowest BCUT2D eigenvalue weighted by molar-refractivity contribution is 0.870. The maximum atomic E-state index is 5.78. The fourth-order valence-electron chi connectivity index (χ4n) is 2.00. The number of rotatable bonds is 4. The quantitative estimate of drug-likeness (QED) is 0.940. The van der Waals surface area contributed by atoms with E-state index >= 15 is 0 Å². The molecule has 0 fully saturated rings. The van der Waals surface area contributed by atoms with E-state index in [0.29, 0.717) is 6.54 Å². The van der Waals surface area contributed by atoms with Crippen molar-refractivity contribution in [1.29, 1.82) is 0 Å². The molecule has 0 aliphatic rings. The molecule has 3 nitrogen and oxygen atoms in total. The summed E-state index contributed by atoms with van der Waals surface area (Å²) in [5.74, 6) is 0.963. The zero-order valence-electron chi connectivity index (χ0n) is 11.2. The van der Waals surface area contributed by atoms with E-state index in [1.165, 1.54) is 5.56 Å². The normalized spacial score (nSPS) is 10.5. The highest BCUT2D eigenvalue weighted by molar-refractivity contribution is 9.10. The molecule has 4 heteroatoms. The van der Waals surface area contributed by atoms with Crippen LogP contribution in [0.5, 0.6) is 0 Å². The van der Waals surface area contributed by atoms with Gasteiger partial charge >= 0.3 is 0 Å². The van der Waals surface area contributed by atoms with E-state index in [-0.39, 0.29) is 0 Å². The average molecular weight is 320 g/mol. The predicted octanol–water partition coefficient (Wildman–Crippen LogP) is 3.25. The Hall–Kier alpha value is -1.39. The number of benzene rings is 1. The summed E-state index contributed by atoms with van der Waals surface area (Å²) in [5.41, 5.74) is 9.11. The van der Waals surface area contributed by atoms with E-state index in [1.807, 2.05) is 20.0 Å². The van der Waals surface area contributed by atoms with Gasteiger partial charge in [0.05, 0.1) is 0 Å². The Labute approximate surface area is 122 Å². The highest BCUT2D eigenvalue weighted by Crippen LogP contribution is 2.19. The van der Waals surface area contributed by atoms with E-state index in [1.54, 1.807) is 0 Å². The van der Waals surface area contributed by atoms with Gasteiger partial charge in [0.1, 0.15) is 5.82 Å². The smallest absolute Gasteiger partial charge is 0.133 e. The summed E-state index contributed by atoms with van der Waals surface area (Å²) in [5, 5.41) is 0. The van der Waals surface area contributed by atoms with Crippen molar-refractivity contribution in [2.24, 2.45) is 5.73 Å². The molecule has 1 aromatic carbocycles.